The van der Waals surface area contributed by atoms with E-state index in [9.17, 15) is 4.79 Å². The van der Waals surface area contributed by atoms with Gasteiger partial charge in [0.2, 0.25) is 0 Å². The van der Waals surface area contributed by atoms with Crippen molar-refractivity contribution in [1.29, 1.82) is 0 Å². The van der Waals surface area contributed by atoms with Crippen molar-refractivity contribution in [2.24, 2.45) is 11.1 Å². The zero-order valence-electron chi connectivity index (χ0n) is 13.3. The van der Waals surface area contributed by atoms with Crippen molar-refractivity contribution in [3.8, 4) is 0 Å². The molecule has 0 radical (unpaired) electrons. The van der Waals surface area contributed by atoms with E-state index in [-0.39, 0.29) is 17.0 Å². The van der Waals surface area contributed by atoms with E-state index in [0.29, 0.717) is 12.3 Å². The van der Waals surface area contributed by atoms with E-state index in [1.807, 2.05) is 20.8 Å². The minimum atomic E-state index is -0.285. The van der Waals surface area contributed by atoms with Gasteiger partial charge in [0, 0.05) is 11.0 Å². The van der Waals surface area contributed by atoms with Crippen LogP contribution in [0.1, 0.15) is 60.8 Å². The Hall–Kier alpha value is -0.410. The molecule has 0 unspecified atom stereocenters. The van der Waals surface area contributed by atoms with Crippen molar-refractivity contribution in [1.82, 2.24) is 4.90 Å². The maximum Gasteiger partial charge on any atom is 0.155 e. The maximum absolute atomic E-state index is 12.6. The van der Waals surface area contributed by atoms with Gasteiger partial charge in [-0.3, -0.25) is 9.69 Å². The quantitative estimate of drug-likeness (QED) is 0.743. The van der Waals surface area contributed by atoms with Crippen molar-refractivity contribution in [3.63, 3.8) is 0 Å². The lowest BCUT2D eigenvalue weighted by molar-refractivity contribution is -0.133. The van der Waals surface area contributed by atoms with Crippen LogP contribution >= 0.6 is 0 Å². The molecule has 2 N–H and O–H groups in total. The summed E-state index contributed by atoms with van der Waals surface area (Å²) >= 11 is 0. The summed E-state index contributed by atoms with van der Waals surface area (Å²) in [6.07, 6.45) is 2.91. The summed E-state index contributed by atoms with van der Waals surface area (Å²) in [4.78, 5) is 14.8. The van der Waals surface area contributed by atoms with E-state index in [4.69, 9.17) is 5.73 Å². The number of likely N-dealkylation sites (N-methyl/N-ethyl adjacent to an activating group) is 1. The van der Waals surface area contributed by atoms with Crippen molar-refractivity contribution in [3.05, 3.63) is 0 Å². The molecular weight excluding hydrogens is 224 g/mol. The molecule has 0 aromatic rings. The number of carbonyl (C=O) groups excluding carboxylic acids is 1. The van der Waals surface area contributed by atoms with E-state index in [2.05, 4.69) is 32.7 Å². The molecule has 3 nitrogen and oxygen atoms in total. The summed E-state index contributed by atoms with van der Waals surface area (Å²) in [5, 5.41) is 0. The molecule has 108 valence electrons. The molecular formula is C15H32N2O. The largest absolute Gasteiger partial charge is 0.330 e. The van der Waals surface area contributed by atoms with E-state index >= 15 is 0 Å². The van der Waals surface area contributed by atoms with Gasteiger partial charge in [0.05, 0.1) is 6.04 Å². The molecule has 0 aromatic carbocycles. The first-order valence-corrected chi connectivity index (χ1v) is 6.99. The highest BCUT2D eigenvalue weighted by Gasteiger charge is 2.35. The smallest absolute Gasteiger partial charge is 0.155 e. The summed E-state index contributed by atoms with van der Waals surface area (Å²) < 4.78 is 0. The van der Waals surface area contributed by atoms with E-state index in [1.165, 1.54) is 0 Å². The minimum absolute atomic E-state index is 0.00319. The number of nitrogens with two attached hydrogens (primary N) is 1. The molecule has 0 saturated heterocycles. The van der Waals surface area contributed by atoms with Gasteiger partial charge in [0.25, 0.3) is 0 Å². The van der Waals surface area contributed by atoms with Gasteiger partial charge in [0.1, 0.15) is 0 Å². The summed E-state index contributed by atoms with van der Waals surface area (Å²) in [7, 11) is 2.05. The van der Waals surface area contributed by atoms with Gasteiger partial charge in [-0.2, -0.15) is 0 Å². The summed E-state index contributed by atoms with van der Waals surface area (Å²) in [5.74, 6) is 0.331. The lowest BCUT2D eigenvalue weighted by Gasteiger charge is -2.40. The number of rotatable bonds is 6. The minimum Gasteiger partial charge on any atom is -0.330 e. The van der Waals surface area contributed by atoms with Crippen LogP contribution in [-0.4, -0.2) is 35.9 Å². The molecule has 1 atom stereocenters. The Balaban J connectivity index is 4.89. The molecule has 0 heterocycles. The molecule has 0 bridgehead atoms. The Morgan fingerprint density at radius 2 is 1.61 bits per heavy atom. The molecule has 0 rings (SSSR count). The lowest BCUT2D eigenvalue weighted by atomic mass is 9.83. The molecule has 0 aliphatic carbocycles. The zero-order valence-corrected chi connectivity index (χ0v) is 13.3. The summed E-state index contributed by atoms with van der Waals surface area (Å²) in [6, 6.07) is -0.00319. The van der Waals surface area contributed by atoms with Crippen LogP contribution in [0.5, 0.6) is 0 Å². The predicted molar refractivity (Wildman–Crippen MR) is 78.7 cm³/mol. The molecule has 18 heavy (non-hydrogen) atoms. The summed E-state index contributed by atoms with van der Waals surface area (Å²) in [6.45, 7) is 13.2. The second-order valence-corrected chi connectivity index (χ2v) is 7.20. The van der Waals surface area contributed by atoms with Gasteiger partial charge < -0.3 is 5.73 Å². The van der Waals surface area contributed by atoms with Gasteiger partial charge in [0.15, 0.2) is 5.78 Å². The van der Waals surface area contributed by atoms with Crippen LogP contribution in [0.15, 0.2) is 0 Å². The summed E-state index contributed by atoms with van der Waals surface area (Å²) in [5.41, 5.74) is 5.26. The fraction of sp³-hybridized carbons (Fsp3) is 0.933. The molecule has 0 aliphatic rings. The molecule has 0 spiro atoms. The number of unbranched alkanes of at least 4 members (excludes halogenated alkanes) is 1. The number of hydrogen-bond acceptors (Lipinski definition) is 3. The first-order valence-electron chi connectivity index (χ1n) is 6.99. The lowest BCUT2D eigenvalue weighted by Crippen LogP contribution is -2.51. The average Bonchev–Trinajstić information content (AvgIpc) is 2.20. The van der Waals surface area contributed by atoms with Gasteiger partial charge in [-0.1, -0.05) is 27.2 Å². The zero-order chi connectivity index (χ0) is 14.6. The van der Waals surface area contributed by atoms with Crippen molar-refractivity contribution in [2.75, 3.05) is 13.6 Å². The van der Waals surface area contributed by atoms with Crippen molar-refractivity contribution < 1.29 is 4.79 Å². The molecule has 0 aromatic heterocycles. The highest BCUT2D eigenvalue weighted by Crippen LogP contribution is 2.26. The van der Waals surface area contributed by atoms with Gasteiger partial charge in [-0.25, -0.2) is 0 Å². The van der Waals surface area contributed by atoms with Gasteiger partial charge in [-0.15, -0.1) is 0 Å². The number of carbonyl (C=O) groups is 1. The van der Waals surface area contributed by atoms with Crippen LogP contribution in [0.3, 0.4) is 0 Å². The van der Waals surface area contributed by atoms with Crippen molar-refractivity contribution >= 4 is 5.78 Å². The first-order chi connectivity index (χ1) is 8.01. The molecule has 0 saturated carbocycles. The Morgan fingerprint density at radius 3 is 1.94 bits per heavy atom. The molecule has 0 fully saturated rings. The van der Waals surface area contributed by atoms with Crippen LogP contribution in [0.2, 0.25) is 0 Å². The van der Waals surface area contributed by atoms with Crippen LogP contribution in [0.25, 0.3) is 0 Å². The fourth-order valence-corrected chi connectivity index (χ4v) is 1.95. The second-order valence-electron chi connectivity index (χ2n) is 7.20. The third-order valence-electron chi connectivity index (χ3n) is 3.50. The Bertz CT molecular complexity index is 261. The fourth-order valence-electron chi connectivity index (χ4n) is 1.95. The normalized spacial score (nSPS) is 14.9. The number of nitrogens with zero attached hydrogens (tertiary/aromatic N) is 1. The maximum atomic E-state index is 12.6. The van der Waals surface area contributed by atoms with Crippen molar-refractivity contribution in [2.45, 2.75) is 72.4 Å². The Kier molecular flexibility index (Phi) is 6.52. The van der Waals surface area contributed by atoms with Gasteiger partial charge >= 0.3 is 0 Å². The van der Waals surface area contributed by atoms with Gasteiger partial charge in [-0.05, 0) is 47.2 Å². The monoisotopic (exact) mass is 256 g/mol. The number of hydrogen-bond donors (Lipinski definition) is 1. The molecule has 3 heteroatoms. The standard InChI is InChI=1S/C15H32N2O/c1-14(2,3)13(18)12(10-8-9-11-16)17(7)15(4,5)6/h12H,8-11,16H2,1-7H3/t12-/m0/s1. The Labute approximate surface area is 113 Å². The van der Waals surface area contributed by atoms with Crippen LogP contribution < -0.4 is 5.73 Å². The number of Topliss-reactive ketones (excluding diaryl/α,β-unsaturated/α-hetero) is 1. The highest BCUT2D eigenvalue weighted by atomic mass is 16.1. The predicted octanol–water partition coefficient (Wildman–Crippen LogP) is 2.83. The molecule has 0 aliphatic heterocycles. The van der Waals surface area contributed by atoms with E-state index in [0.717, 1.165) is 19.3 Å². The van der Waals surface area contributed by atoms with E-state index in [1.54, 1.807) is 0 Å². The van der Waals surface area contributed by atoms with E-state index < -0.39 is 0 Å². The average molecular weight is 256 g/mol. The topological polar surface area (TPSA) is 46.3 Å². The Morgan fingerprint density at radius 1 is 1.11 bits per heavy atom. The SMILES string of the molecule is CN([C@@H](CCCCN)C(=O)C(C)(C)C)C(C)(C)C. The van der Waals surface area contributed by atoms with Crippen LogP contribution in [0.4, 0.5) is 0 Å². The first kappa shape index (κ1) is 17.6. The second kappa shape index (κ2) is 6.67. The third-order valence-corrected chi connectivity index (χ3v) is 3.50. The van der Waals surface area contributed by atoms with Crippen LogP contribution in [0, 0.1) is 5.41 Å². The number of ketones is 1. The third kappa shape index (κ3) is 5.49. The highest BCUT2D eigenvalue weighted by molar-refractivity contribution is 5.88. The van der Waals surface area contributed by atoms with Crippen LogP contribution in [-0.2, 0) is 4.79 Å². The molecule has 0 amide bonds.